The van der Waals surface area contributed by atoms with Crippen LogP contribution in [0.3, 0.4) is 0 Å². The Balaban J connectivity index is 1.33. The number of nitrogens with zero attached hydrogens (tertiary/aromatic N) is 4. The van der Waals surface area contributed by atoms with Gasteiger partial charge in [0.05, 0.1) is 12.9 Å². The minimum absolute atomic E-state index is 0.00313. The minimum atomic E-state index is 0.00313. The van der Waals surface area contributed by atoms with Crippen molar-refractivity contribution < 1.29 is 9.59 Å². The average Bonchev–Trinajstić information content (AvgIpc) is 3.26. The number of hydrogen-bond donors (Lipinski definition) is 0. The maximum atomic E-state index is 12.8. The minimum Gasteiger partial charge on any atom is -0.339 e. The second-order valence-electron chi connectivity index (χ2n) is 7.52. The first kappa shape index (κ1) is 15.7. The Morgan fingerprint density at radius 2 is 2.00 bits per heavy atom. The van der Waals surface area contributed by atoms with E-state index >= 15 is 0 Å². The zero-order valence-electron chi connectivity index (χ0n) is 14.2. The van der Waals surface area contributed by atoms with Gasteiger partial charge in [0.2, 0.25) is 11.8 Å². The van der Waals surface area contributed by atoms with Crippen LogP contribution in [-0.2, 0) is 22.6 Å². The van der Waals surface area contributed by atoms with Crippen LogP contribution in [0.5, 0.6) is 0 Å². The van der Waals surface area contributed by atoms with Gasteiger partial charge in [-0.25, -0.2) is 4.98 Å². The molecule has 0 radical (unpaired) electrons. The highest BCUT2D eigenvalue weighted by atomic mass is 16.2. The third-order valence-electron chi connectivity index (χ3n) is 5.91. The van der Waals surface area contributed by atoms with Gasteiger partial charge in [-0.3, -0.25) is 9.59 Å². The molecule has 1 aromatic heterocycles. The molecule has 1 saturated heterocycles. The van der Waals surface area contributed by atoms with Gasteiger partial charge in [-0.05, 0) is 25.2 Å². The summed E-state index contributed by atoms with van der Waals surface area (Å²) in [7, 11) is 0. The summed E-state index contributed by atoms with van der Waals surface area (Å²) in [5.41, 5.74) is 1.13. The second kappa shape index (κ2) is 6.57. The van der Waals surface area contributed by atoms with Crippen LogP contribution < -0.4 is 0 Å². The van der Waals surface area contributed by atoms with Crippen LogP contribution in [0.2, 0.25) is 0 Å². The lowest BCUT2D eigenvalue weighted by molar-refractivity contribution is -0.148. The summed E-state index contributed by atoms with van der Waals surface area (Å²) in [5.74, 6) is 0.955. The van der Waals surface area contributed by atoms with Crippen molar-refractivity contribution in [1.29, 1.82) is 0 Å². The third kappa shape index (κ3) is 3.06. The first-order chi connectivity index (χ1) is 11.7. The van der Waals surface area contributed by atoms with Gasteiger partial charge < -0.3 is 14.4 Å². The Morgan fingerprint density at radius 3 is 2.79 bits per heavy atom. The standard InChI is InChI=1S/C18H26N4O2/c23-17-12-21(8-7-20(17)11-14-3-1-2-4-14)18(24)15-5-6-22-13-19-10-16(22)9-15/h10,13-15H,1-9,11-12H2/t15-/m0/s1. The number of aromatic nitrogens is 2. The Hall–Kier alpha value is -1.85. The Bertz CT molecular complexity index is 620. The van der Waals surface area contributed by atoms with Crippen molar-refractivity contribution in [1.82, 2.24) is 19.4 Å². The normalized spacial score (nSPS) is 25.2. The Morgan fingerprint density at radius 1 is 1.17 bits per heavy atom. The van der Waals surface area contributed by atoms with Gasteiger partial charge in [0.1, 0.15) is 0 Å². The van der Waals surface area contributed by atoms with Gasteiger partial charge in [-0.2, -0.15) is 0 Å². The molecule has 1 atom stereocenters. The van der Waals surface area contributed by atoms with Gasteiger partial charge in [-0.15, -0.1) is 0 Å². The molecule has 6 heteroatoms. The van der Waals surface area contributed by atoms with Crippen molar-refractivity contribution in [3.63, 3.8) is 0 Å². The lowest BCUT2D eigenvalue weighted by Crippen LogP contribution is -2.54. The van der Waals surface area contributed by atoms with Gasteiger partial charge in [0.15, 0.2) is 0 Å². The zero-order chi connectivity index (χ0) is 16.5. The predicted octanol–water partition coefficient (Wildman–Crippen LogP) is 1.31. The van der Waals surface area contributed by atoms with Gasteiger partial charge >= 0.3 is 0 Å². The lowest BCUT2D eigenvalue weighted by atomic mass is 9.94. The lowest BCUT2D eigenvalue weighted by Gasteiger charge is -2.37. The van der Waals surface area contributed by atoms with E-state index in [2.05, 4.69) is 9.55 Å². The molecule has 130 valence electrons. The molecule has 0 aromatic carbocycles. The monoisotopic (exact) mass is 330 g/mol. The van der Waals surface area contributed by atoms with Crippen LogP contribution in [-0.4, -0.2) is 57.3 Å². The van der Waals surface area contributed by atoms with Crippen molar-refractivity contribution in [2.45, 2.75) is 45.1 Å². The largest absolute Gasteiger partial charge is 0.339 e. The molecule has 24 heavy (non-hydrogen) atoms. The molecule has 1 saturated carbocycles. The van der Waals surface area contributed by atoms with Crippen molar-refractivity contribution in [3.05, 3.63) is 18.2 Å². The number of carbonyl (C=O) groups is 2. The SMILES string of the molecule is O=C1CN(C(=O)[C@H]2CCn3cncc3C2)CCN1CC1CCCC1. The van der Waals surface area contributed by atoms with E-state index in [-0.39, 0.29) is 24.3 Å². The molecule has 2 amide bonds. The van der Waals surface area contributed by atoms with E-state index in [9.17, 15) is 9.59 Å². The van der Waals surface area contributed by atoms with E-state index in [0.717, 1.165) is 31.6 Å². The maximum absolute atomic E-state index is 12.8. The molecule has 1 aliphatic carbocycles. The molecule has 1 aromatic rings. The fourth-order valence-corrected chi connectivity index (χ4v) is 4.43. The first-order valence-electron chi connectivity index (χ1n) is 9.26. The van der Waals surface area contributed by atoms with Crippen LogP contribution >= 0.6 is 0 Å². The van der Waals surface area contributed by atoms with E-state index in [1.54, 1.807) is 4.90 Å². The zero-order valence-corrected chi connectivity index (χ0v) is 14.2. The number of carbonyl (C=O) groups excluding carboxylic acids is 2. The molecular weight excluding hydrogens is 304 g/mol. The highest BCUT2D eigenvalue weighted by Crippen LogP contribution is 2.27. The average molecular weight is 330 g/mol. The van der Waals surface area contributed by atoms with Gasteiger partial charge in [0, 0.05) is 50.4 Å². The third-order valence-corrected chi connectivity index (χ3v) is 5.91. The number of rotatable bonds is 3. The molecule has 0 unspecified atom stereocenters. The van der Waals surface area contributed by atoms with E-state index in [4.69, 9.17) is 0 Å². The molecule has 4 rings (SSSR count). The summed E-state index contributed by atoms with van der Waals surface area (Å²) < 4.78 is 2.12. The van der Waals surface area contributed by atoms with E-state index in [1.165, 1.54) is 25.7 Å². The summed E-state index contributed by atoms with van der Waals surface area (Å²) in [6.45, 7) is 3.39. The first-order valence-corrected chi connectivity index (χ1v) is 9.26. The van der Waals surface area contributed by atoms with Crippen LogP contribution in [0, 0.1) is 11.8 Å². The van der Waals surface area contributed by atoms with Gasteiger partial charge in [-0.1, -0.05) is 12.8 Å². The van der Waals surface area contributed by atoms with Crippen molar-refractivity contribution in [2.24, 2.45) is 11.8 Å². The fraction of sp³-hybridized carbons (Fsp3) is 0.722. The quantitative estimate of drug-likeness (QED) is 0.839. The highest BCUT2D eigenvalue weighted by Gasteiger charge is 2.34. The maximum Gasteiger partial charge on any atom is 0.242 e. The molecule has 6 nitrogen and oxygen atoms in total. The van der Waals surface area contributed by atoms with E-state index in [0.29, 0.717) is 19.0 Å². The van der Waals surface area contributed by atoms with Crippen LogP contribution in [0.15, 0.2) is 12.5 Å². The van der Waals surface area contributed by atoms with Crippen LogP contribution in [0.4, 0.5) is 0 Å². The fourth-order valence-electron chi connectivity index (χ4n) is 4.43. The summed E-state index contributed by atoms with van der Waals surface area (Å²) in [6, 6.07) is 0. The molecule has 3 heterocycles. The molecule has 0 spiro atoms. The molecule has 3 aliphatic rings. The van der Waals surface area contributed by atoms with E-state index in [1.807, 2.05) is 17.4 Å². The molecule has 0 bridgehead atoms. The Labute approximate surface area is 142 Å². The topological polar surface area (TPSA) is 58.4 Å². The molecule has 2 fully saturated rings. The summed E-state index contributed by atoms with van der Waals surface area (Å²) in [6.07, 6.45) is 10.4. The Kier molecular flexibility index (Phi) is 4.29. The number of piperazine rings is 1. The predicted molar refractivity (Wildman–Crippen MR) is 89.2 cm³/mol. The van der Waals surface area contributed by atoms with Gasteiger partial charge in [0.25, 0.3) is 0 Å². The number of imidazole rings is 1. The van der Waals surface area contributed by atoms with Crippen molar-refractivity contribution in [2.75, 3.05) is 26.2 Å². The number of hydrogen-bond acceptors (Lipinski definition) is 3. The van der Waals surface area contributed by atoms with Crippen molar-refractivity contribution in [3.8, 4) is 0 Å². The number of amides is 2. The molecule has 0 N–H and O–H groups in total. The number of fused-ring (bicyclic) bond motifs is 1. The van der Waals surface area contributed by atoms with Crippen molar-refractivity contribution >= 4 is 11.8 Å². The summed E-state index contributed by atoms with van der Waals surface area (Å²) >= 11 is 0. The second-order valence-corrected chi connectivity index (χ2v) is 7.52. The van der Waals surface area contributed by atoms with E-state index < -0.39 is 0 Å². The molecule has 2 aliphatic heterocycles. The number of aryl methyl sites for hydroxylation is 1. The van der Waals surface area contributed by atoms with Crippen LogP contribution in [0.25, 0.3) is 0 Å². The summed E-state index contributed by atoms with van der Waals surface area (Å²) in [5, 5.41) is 0. The smallest absolute Gasteiger partial charge is 0.242 e. The highest BCUT2D eigenvalue weighted by molar-refractivity contribution is 5.87. The summed E-state index contributed by atoms with van der Waals surface area (Å²) in [4.78, 5) is 33.2. The molecular formula is C18H26N4O2. The van der Waals surface area contributed by atoms with Crippen LogP contribution in [0.1, 0.15) is 37.8 Å².